The van der Waals surface area contributed by atoms with E-state index in [9.17, 15) is 4.79 Å². The lowest BCUT2D eigenvalue weighted by Gasteiger charge is -2.42. The molecule has 1 amide bonds. The standard InChI is InChI=1S/C18H24N8O2/c27-17(12-23-6-8-24(9-7-23)18-19-3-1-4-20-18)25-5-2-16-15(11-25)26-14(13-28-16)10-21-22-26/h1,3-4,10,15-16H,2,5-9,11-13H2/t15-,16-/m1/s1. The van der Waals surface area contributed by atoms with Gasteiger partial charge in [0.2, 0.25) is 11.9 Å². The van der Waals surface area contributed by atoms with Crippen LogP contribution in [0.4, 0.5) is 5.95 Å². The van der Waals surface area contributed by atoms with Crippen LogP contribution in [0.2, 0.25) is 0 Å². The van der Waals surface area contributed by atoms with Crippen molar-refractivity contribution in [2.45, 2.75) is 25.2 Å². The number of aromatic nitrogens is 5. The molecule has 0 aromatic carbocycles. The van der Waals surface area contributed by atoms with Gasteiger partial charge >= 0.3 is 0 Å². The van der Waals surface area contributed by atoms with E-state index in [1.165, 1.54) is 0 Å². The molecule has 28 heavy (non-hydrogen) atoms. The average molecular weight is 384 g/mol. The van der Waals surface area contributed by atoms with E-state index >= 15 is 0 Å². The lowest BCUT2D eigenvalue weighted by atomic mass is 10.0. The summed E-state index contributed by atoms with van der Waals surface area (Å²) in [6, 6.07) is 1.89. The van der Waals surface area contributed by atoms with E-state index in [4.69, 9.17) is 4.74 Å². The summed E-state index contributed by atoms with van der Waals surface area (Å²) in [5.74, 6) is 0.937. The zero-order valence-corrected chi connectivity index (χ0v) is 15.7. The Morgan fingerprint density at radius 1 is 1.14 bits per heavy atom. The van der Waals surface area contributed by atoms with Gasteiger partial charge in [-0.05, 0) is 12.5 Å². The molecule has 0 aliphatic carbocycles. The van der Waals surface area contributed by atoms with Crippen molar-refractivity contribution in [1.29, 1.82) is 0 Å². The molecule has 3 aliphatic heterocycles. The molecule has 0 bridgehead atoms. The number of hydrogen-bond acceptors (Lipinski definition) is 8. The predicted molar refractivity (Wildman–Crippen MR) is 99.5 cm³/mol. The van der Waals surface area contributed by atoms with E-state index in [0.717, 1.165) is 50.8 Å². The number of hydrogen-bond donors (Lipinski definition) is 0. The van der Waals surface area contributed by atoms with Gasteiger partial charge in [0.05, 0.1) is 37.2 Å². The van der Waals surface area contributed by atoms with Crippen LogP contribution in [-0.2, 0) is 16.1 Å². The largest absolute Gasteiger partial charge is 0.370 e. The molecule has 5 heterocycles. The van der Waals surface area contributed by atoms with Crippen LogP contribution in [-0.4, -0.2) is 92.6 Å². The Balaban J connectivity index is 1.16. The highest BCUT2D eigenvalue weighted by atomic mass is 16.5. The highest BCUT2D eigenvalue weighted by Crippen LogP contribution is 2.30. The van der Waals surface area contributed by atoms with Gasteiger partial charge < -0.3 is 14.5 Å². The third-order valence-corrected chi connectivity index (χ3v) is 5.85. The van der Waals surface area contributed by atoms with Gasteiger partial charge in [0.1, 0.15) is 0 Å². The summed E-state index contributed by atoms with van der Waals surface area (Å²) < 4.78 is 7.87. The third kappa shape index (κ3) is 3.33. The summed E-state index contributed by atoms with van der Waals surface area (Å²) in [6.45, 7) is 5.71. The molecule has 5 rings (SSSR count). The maximum Gasteiger partial charge on any atom is 0.236 e. The lowest BCUT2D eigenvalue weighted by Crippen LogP contribution is -2.54. The van der Waals surface area contributed by atoms with Crippen LogP contribution in [0.3, 0.4) is 0 Å². The molecule has 0 N–H and O–H groups in total. The van der Waals surface area contributed by atoms with E-state index in [1.54, 1.807) is 18.6 Å². The van der Waals surface area contributed by atoms with E-state index in [0.29, 0.717) is 19.7 Å². The molecule has 10 nitrogen and oxygen atoms in total. The Hall–Kier alpha value is -2.59. The zero-order valence-electron chi connectivity index (χ0n) is 15.7. The molecule has 0 spiro atoms. The number of anilines is 1. The smallest absolute Gasteiger partial charge is 0.236 e. The Bertz CT molecular complexity index is 820. The number of piperidine rings is 1. The van der Waals surface area contributed by atoms with E-state index in [2.05, 4.69) is 30.1 Å². The number of ether oxygens (including phenoxy) is 1. The quantitative estimate of drug-likeness (QED) is 0.703. The fraction of sp³-hybridized carbons (Fsp3) is 0.611. The summed E-state index contributed by atoms with van der Waals surface area (Å²) in [5.41, 5.74) is 0.981. The first-order valence-corrected chi connectivity index (χ1v) is 9.81. The summed E-state index contributed by atoms with van der Waals surface area (Å²) in [7, 11) is 0. The van der Waals surface area contributed by atoms with Crippen LogP contribution >= 0.6 is 0 Å². The van der Waals surface area contributed by atoms with Crippen LogP contribution in [0.1, 0.15) is 18.2 Å². The second-order valence-corrected chi connectivity index (χ2v) is 7.53. The Kier molecular flexibility index (Phi) is 4.65. The third-order valence-electron chi connectivity index (χ3n) is 5.85. The molecule has 0 unspecified atom stereocenters. The Morgan fingerprint density at radius 3 is 2.79 bits per heavy atom. The number of carbonyl (C=O) groups excluding carboxylic acids is 1. The van der Waals surface area contributed by atoms with Gasteiger partial charge in [-0.2, -0.15) is 0 Å². The Labute approximate surface area is 163 Å². The molecule has 2 atom stereocenters. The molecular formula is C18H24N8O2. The van der Waals surface area contributed by atoms with Crippen LogP contribution in [0.25, 0.3) is 0 Å². The van der Waals surface area contributed by atoms with Crippen molar-refractivity contribution in [2.75, 3.05) is 50.7 Å². The lowest BCUT2D eigenvalue weighted by molar-refractivity contribution is -0.139. The van der Waals surface area contributed by atoms with Crippen LogP contribution in [0, 0.1) is 0 Å². The maximum absolute atomic E-state index is 12.9. The second-order valence-electron chi connectivity index (χ2n) is 7.53. The van der Waals surface area contributed by atoms with E-state index in [1.807, 2.05) is 15.6 Å². The molecule has 2 fully saturated rings. The minimum absolute atomic E-state index is 0.0658. The van der Waals surface area contributed by atoms with Crippen LogP contribution < -0.4 is 4.90 Å². The highest BCUT2D eigenvalue weighted by Gasteiger charge is 2.38. The van der Waals surface area contributed by atoms with Crippen molar-refractivity contribution in [3.05, 3.63) is 30.4 Å². The SMILES string of the molecule is O=C(CN1CCN(c2ncccn2)CC1)N1CC[C@H]2OCc3cnnn3[C@@H]2C1. The number of fused-ring (bicyclic) bond motifs is 3. The molecular weight excluding hydrogens is 360 g/mol. The topological polar surface area (TPSA) is 92.5 Å². The van der Waals surface area contributed by atoms with Crippen molar-refractivity contribution in [1.82, 2.24) is 34.8 Å². The first kappa shape index (κ1) is 17.5. The average Bonchev–Trinajstić information content (AvgIpc) is 3.24. The van der Waals surface area contributed by atoms with Crippen molar-refractivity contribution in [3.63, 3.8) is 0 Å². The molecule has 10 heteroatoms. The van der Waals surface area contributed by atoms with Gasteiger partial charge in [-0.3, -0.25) is 9.69 Å². The van der Waals surface area contributed by atoms with Gasteiger partial charge in [0.25, 0.3) is 0 Å². The van der Waals surface area contributed by atoms with Crippen molar-refractivity contribution in [2.24, 2.45) is 0 Å². The number of nitrogens with zero attached hydrogens (tertiary/aromatic N) is 8. The number of piperazine rings is 1. The predicted octanol–water partition coefficient (Wildman–Crippen LogP) is -0.437. The molecule has 2 aromatic heterocycles. The normalized spacial score (nSPS) is 25.3. The number of rotatable bonds is 3. The molecule has 148 valence electrons. The monoisotopic (exact) mass is 384 g/mol. The first-order valence-electron chi connectivity index (χ1n) is 9.81. The van der Waals surface area contributed by atoms with Crippen molar-refractivity contribution < 1.29 is 9.53 Å². The minimum Gasteiger partial charge on any atom is -0.370 e. The van der Waals surface area contributed by atoms with Gasteiger partial charge in [-0.1, -0.05) is 5.21 Å². The van der Waals surface area contributed by atoms with Crippen molar-refractivity contribution >= 4 is 11.9 Å². The fourth-order valence-corrected chi connectivity index (χ4v) is 4.26. The molecule has 3 aliphatic rings. The molecule has 0 saturated carbocycles. The van der Waals surface area contributed by atoms with Gasteiger partial charge in [0.15, 0.2) is 0 Å². The maximum atomic E-state index is 12.9. The molecule has 2 aromatic rings. The van der Waals surface area contributed by atoms with Gasteiger partial charge in [-0.25, -0.2) is 14.6 Å². The number of amides is 1. The summed E-state index contributed by atoms with van der Waals surface area (Å²) >= 11 is 0. The summed E-state index contributed by atoms with van der Waals surface area (Å²) in [4.78, 5) is 27.9. The summed E-state index contributed by atoms with van der Waals surface area (Å²) in [5, 5.41) is 8.21. The number of likely N-dealkylation sites (tertiary alicyclic amines) is 1. The fourth-order valence-electron chi connectivity index (χ4n) is 4.26. The van der Waals surface area contributed by atoms with Gasteiger partial charge in [-0.15, -0.1) is 5.10 Å². The minimum atomic E-state index is 0.0658. The molecule has 2 saturated heterocycles. The zero-order chi connectivity index (χ0) is 18.9. The van der Waals surface area contributed by atoms with Gasteiger partial charge in [0, 0.05) is 51.7 Å². The summed E-state index contributed by atoms with van der Waals surface area (Å²) in [6.07, 6.45) is 6.23. The van der Waals surface area contributed by atoms with Crippen LogP contribution in [0.15, 0.2) is 24.7 Å². The van der Waals surface area contributed by atoms with Crippen LogP contribution in [0.5, 0.6) is 0 Å². The van der Waals surface area contributed by atoms with Crippen molar-refractivity contribution in [3.8, 4) is 0 Å². The second kappa shape index (κ2) is 7.44. The van der Waals surface area contributed by atoms with E-state index < -0.39 is 0 Å². The highest BCUT2D eigenvalue weighted by molar-refractivity contribution is 5.78. The van der Waals surface area contributed by atoms with E-state index in [-0.39, 0.29) is 18.1 Å². The first-order chi connectivity index (χ1) is 13.8. The Morgan fingerprint density at radius 2 is 1.96 bits per heavy atom. The number of carbonyl (C=O) groups is 1. The molecule has 0 radical (unpaired) electrons.